The van der Waals surface area contributed by atoms with Gasteiger partial charge in [-0.2, -0.15) is 5.10 Å². The number of ether oxygens (including phenoxy) is 1. The van der Waals surface area contributed by atoms with Crippen molar-refractivity contribution in [3.05, 3.63) is 47.3 Å². The molecule has 1 N–H and O–H groups in total. The van der Waals surface area contributed by atoms with Gasteiger partial charge in [-0.1, -0.05) is 18.2 Å². The van der Waals surface area contributed by atoms with E-state index in [0.29, 0.717) is 18.7 Å². The quantitative estimate of drug-likeness (QED) is 0.908. The van der Waals surface area contributed by atoms with Gasteiger partial charge in [-0.15, -0.1) is 0 Å². The number of benzene rings is 1. The maximum atomic E-state index is 12.3. The fourth-order valence-corrected chi connectivity index (χ4v) is 1.98. The van der Waals surface area contributed by atoms with Gasteiger partial charge in [0.1, 0.15) is 12.4 Å². The number of hydrogen-bond donors (Lipinski definition) is 1. The molecule has 0 saturated heterocycles. The molecule has 0 aliphatic heterocycles. The molecule has 106 valence electrons. The molecule has 0 fully saturated rings. The molecular formula is C15H19N3O2. The van der Waals surface area contributed by atoms with Crippen LogP contribution in [0.3, 0.4) is 0 Å². The first-order valence-corrected chi connectivity index (χ1v) is 6.54. The zero-order chi connectivity index (χ0) is 14.5. The topological polar surface area (TPSA) is 58.2 Å². The van der Waals surface area contributed by atoms with Gasteiger partial charge in [0.15, 0.2) is 0 Å². The molecule has 0 spiro atoms. The molecule has 0 aliphatic rings. The highest BCUT2D eigenvalue weighted by Gasteiger charge is 2.18. The average Bonchev–Trinajstić information content (AvgIpc) is 2.78. The zero-order valence-corrected chi connectivity index (χ0v) is 12.0. The highest BCUT2D eigenvalue weighted by Crippen LogP contribution is 2.12. The maximum absolute atomic E-state index is 12.3. The lowest BCUT2D eigenvalue weighted by Gasteiger charge is -2.17. The molecule has 1 amide bonds. The highest BCUT2D eigenvalue weighted by atomic mass is 16.5. The van der Waals surface area contributed by atoms with Crippen molar-refractivity contribution in [1.29, 1.82) is 0 Å². The summed E-state index contributed by atoms with van der Waals surface area (Å²) in [6.07, 6.45) is 0. The normalized spacial score (nSPS) is 10.3. The van der Waals surface area contributed by atoms with E-state index in [2.05, 4.69) is 10.2 Å². The molecule has 0 bridgehead atoms. The highest BCUT2D eigenvalue weighted by molar-refractivity contribution is 5.96. The Bertz CT molecular complexity index is 559. The summed E-state index contributed by atoms with van der Waals surface area (Å²) < 4.78 is 5.59. The molecule has 5 nitrogen and oxygen atoms in total. The van der Waals surface area contributed by atoms with Crippen LogP contribution >= 0.6 is 0 Å². The van der Waals surface area contributed by atoms with Crippen molar-refractivity contribution in [2.75, 3.05) is 20.2 Å². The molecule has 0 unspecified atom stereocenters. The Kier molecular flexibility index (Phi) is 4.40. The molecular weight excluding hydrogens is 254 g/mol. The van der Waals surface area contributed by atoms with Crippen molar-refractivity contribution < 1.29 is 9.53 Å². The van der Waals surface area contributed by atoms with Crippen LogP contribution in [0.15, 0.2) is 30.3 Å². The number of carbonyl (C=O) groups excluding carboxylic acids is 1. The molecule has 0 radical (unpaired) electrons. The van der Waals surface area contributed by atoms with Crippen LogP contribution in [0, 0.1) is 13.8 Å². The smallest absolute Gasteiger partial charge is 0.257 e. The number of aryl methyl sites for hydroxylation is 2. The van der Waals surface area contributed by atoms with E-state index in [9.17, 15) is 4.79 Å². The second kappa shape index (κ2) is 6.23. The van der Waals surface area contributed by atoms with E-state index in [1.165, 1.54) is 0 Å². The van der Waals surface area contributed by atoms with Crippen LogP contribution in [-0.4, -0.2) is 41.2 Å². The van der Waals surface area contributed by atoms with Crippen LogP contribution < -0.4 is 4.74 Å². The third-order valence-corrected chi connectivity index (χ3v) is 3.13. The number of carbonyl (C=O) groups is 1. The lowest BCUT2D eigenvalue weighted by atomic mass is 10.2. The average molecular weight is 273 g/mol. The Hall–Kier alpha value is -2.30. The second-order valence-electron chi connectivity index (χ2n) is 4.70. The molecule has 2 aromatic rings. The van der Waals surface area contributed by atoms with Crippen molar-refractivity contribution in [3.8, 4) is 5.75 Å². The molecule has 0 saturated carbocycles. The molecule has 0 aliphatic carbocycles. The minimum Gasteiger partial charge on any atom is -0.492 e. The van der Waals surface area contributed by atoms with Gasteiger partial charge >= 0.3 is 0 Å². The van der Waals surface area contributed by atoms with Gasteiger partial charge in [0, 0.05) is 12.7 Å². The summed E-state index contributed by atoms with van der Waals surface area (Å²) in [5, 5.41) is 6.87. The van der Waals surface area contributed by atoms with Crippen LogP contribution in [-0.2, 0) is 0 Å². The van der Waals surface area contributed by atoms with E-state index in [1.54, 1.807) is 11.9 Å². The second-order valence-corrected chi connectivity index (χ2v) is 4.70. The largest absolute Gasteiger partial charge is 0.492 e. The summed E-state index contributed by atoms with van der Waals surface area (Å²) in [6.45, 7) is 4.66. The predicted octanol–water partition coefficient (Wildman–Crippen LogP) is 2.18. The number of nitrogens with one attached hydrogen (secondary N) is 1. The first-order valence-electron chi connectivity index (χ1n) is 6.54. The number of likely N-dealkylation sites (N-methyl/N-ethyl adjacent to an activating group) is 1. The van der Waals surface area contributed by atoms with E-state index in [1.807, 2.05) is 44.2 Å². The minimum absolute atomic E-state index is 0.0367. The lowest BCUT2D eigenvalue weighted by molar-refractivity contribution is 0.0772. The van der Waals surface area contributed by atoms with Crippen LogP contribution in [0.4, 0.5) is 0 Å². The number of aromatic amines is 1. The van der Waals surface area contributed by atoms with Crippen molar-refractivity contribution in [2.45, 2.75) is 13.8 Å². The van der Waals surface area contributed by atoms with Gasteiger partial charge < -0.3 is 9.64 Å². The van der Waals surface area contributed by atoms with E-state index < -0.39 is 0 Å². The Morgan fingerprint density at radius 3 is 2.60 bits per heavy atom. The predicted molar refractivity (Wildman–Crippen MR) is 77.0 cm³/mol. The van der Waals surface area contributed by atoms with Gasteiger partial charge in [-0.05, 0) is 26.0 Å². The molecule has 5 heteroatoms. The number of amides is 1. The summed E-state index contributed by atoms with van der Waals surface area (Å²) in [5.41, 5.74) is 2.17. The Morgan fingerprint density at radius 2 is 2.00 bits per heavy atom. The van der Waals surface area contributed by atoms with Gasteiger partial charge in [0.25, 0.3) is 5.91 Å². The van der Waals surface area contributed by atoms with Crippen molar-refractivity contribution in [3.63, 3.8) is 0 Å². The molecule has 1 heterocycles. The fraction of sp³-hybridized carbons (Fsp3) is 0.333. The van der Waals surface area contributed by atoms with Crippen LogP contribution in [0.25, 0.3) is 0 Å². The van der Waals surface area contributed by atoms with E-state index in [0.717, 1.165) is 17.1 Å². The van der Waals surface area contributed by atoms with Crippen LogP contribution in [0.2, 0.25) is 0 Å². The molecule has 1 aromatic carbocycles. The third kappa shape index (κ3) is 3.17. The molecule has 20 heavy (non-hydrogen) atoms. The maximum Gasteiger partial charge on any atom is 0.257 e. The van der Waals surface area contributed by atoms with Gasteiger partial charge in [0.2, 0.25) is 0 Å². The molecule has 0 atom stereocenters. The first-order chi connectivity index (χ1) is 9.59. The summed E-state index contributed by atoms with van der Waals surface area (Å²) >= 11 is 0. The number of nitrogens with zero attached hydrogens (tertiary/aromatic N) is 2. The summed E-state index contributed by atoms with van der Waals surface area (Å²) in [7, 11) is 1.77. The van der Waals surface area contributed by atoms with Gasteiger partial charge in [0.05, 0.1) is 17.8 Å². The third-order valence-electron chi connectivity index (χ3n) is 3.13. The minimum atomic E-state index is -0.0367. The van der Waals surface area contributed by atoms with Gasteiger partial charge in [-0.25, -0.2) is 0 Å². The van der Waals surface area contributed by atoms with Crippen LogP contribution in [0.1, 0.15) is 21.7 Å². The number of aromatic nitrogens is 2. The Morgan fingerprint density at radius 1 is 1.30 bits per heavy atom. The Balaban J connectivity index is 1.89. The van der Waals surface area contributed by atoms with Crippen molar-refractivity contribution in [1.82, 2.24) is 15.1 Å². The first kappa shape index (κ1) is 14.1. The van der Waals surface area contributed by atoms with Crippen molar-refractivity contribution in [2.24, 2.45) is 0 Å². The zero-order valence-electron chi connectivity index (χ0n) is 12.0. The summed E-state index contributed by atoms with van der Waals surface area (Å²) in [6, 6.07) is 9.57. The number of rotatable bonds is 5. The fourth-order valence-electron chi connectivity index (χ4n) is 1.98. The number of hydrogen-bond acceptors (Lipinski definition) is 3. The van der Waals surface area contributed by atoms with E-state index in [-0.39, 0.29) is 5.91 Å². The van der Waals surface area contributed by atoms with E-state index >= 15 is 0 Å². The summed E-state index contributed by atoms with van der Waals surface area (Å²) in [4.78, 5) is 13.9. The number of H-pyrrole nitrogens is 1. The lowest BCUT2D eigenvalue weighted by Crippen LogP contribution is -2.31. The molecule has 2 rings (SSSR count). The van der Waals surface area contributed by atoms with Crippen molar-refractivity contribution >= 4 is 5.91 Å². The number of para-hydroxylation sites is 1. The monoisotopic (exact) mass is 273 g/mol. The molecule has 1 aromatic heterocycles. The Labute approximate surface area is 118 Å². The van der Waals surface area contributed by atoms with Crippen LogP contribution in [0.5, 0.6) is 5.75 Å². The van der Waals surface area contributed by atoms with Gasteiger partial charge in [-0.3, -0.25) is 9.89 Å². The summed E-state index contributed by atoms with van der Waals surface area (Å²) in [5.74, 6) is 0.773. The standard InChI is InChI=1S/C15H19N3O2/c1-11-14(12(2)17-16-11)15(19)18(3)9-10-20-13-7-5-4-6-8-13/h4-8H,9-10H2,1-3H3,(H,16,17). The SMILES string of the molecule is Cc1n[nH]c(C)c1C(=O)N(C)CCOc1ccccc1. The van der Waals surface area contributed by atoms with E-state index in [4.69, 9.17) is 4.74 Å².